The van der Waals surface area contributed by atoms with E-state index in [0.29, 0.717) is 11.6 Å². The zero-order chi connectivity index (χ0) is 20.9. The average Bonchev–Trinajstić information content (AvgIpc) is 3.41. The standard InChI is InChI=1S/C21H21FN4O2S2/c1-13-20(30-21(24-13)14-4-6-15(22)7-5-14)17-8-9-19(26-25-17)29-12-18(27)23-11-16-3-2-10-28-16/h4-9,16H,2-3,10-12H2,1H3,(H,23,27). The van der Waals surface area contributed by atoms with E-state index in [9.17, 15) is 9.18 Å². The molecule has 1 amide bonds. The molecule has 3 heterocycles. The van der Waals surface area contributed by atoms with E-state index in [1.54, 1.807) is 12.1 Å². The number of carbonyl (C=O) groups excluding carboxylic acids is 1. The van der Waals surface area contributed by atoms with E-state index in [1.807, 2.05) is 19.1 Å². The van der Waals surface area contributed by atoms with E-state index in [1.165, 1.54) is 35.2 Å². The number of benzene rings is 1. The molecule has 1 aliphatic heterocycles. The van der Waals surface area contributed by atoms with Crippen LogP contribution in [0.25, 0.3) is 21.1 Å². The van der Waals surface area contributed by atoms with Gasteiger partial charge in [0.2, 0.25) is 5.91 Å². The molecule has 0 aliphatic carbocycles. The summed E-state index contributed by atoms with van der Waals surface area (Å²) in [6.07, 6.45) is 2.20. The van der Waals surface area contributed by atoms with Crippen LogP contribution < -0.4 is 5.32 Å². The number of nitrogens with zero attached hydrogens (tertiary/aromatic N) is 3. The number of rotatable bonds is 7. The first-order valence-electron chi connectivity index (χ1n) is 9.67. The molecule has 0 spiro atoms. The van der Waals surface area contributed by atoms with E-state index < -0.39 is 0 Å². The van der Waals surface area contributed by atoms with Crippen molar-refractivity contribution in [1.82, 2.24) is 20.5 Å². The van der Waals surface area contributed by atoms with Gasteiger partial charge >= 0.3 is 0 Å². The largest absolute Gasteiger partial charge is 0.376 e. The summed E-state index contributed by atoms with van der Waals surface area (Å²) in [5.74, 6) is -0.0231. The Morgan fingerprint density at radius 1 is 1.27 bits per heavy atom. The van der Waals surface area contributed by atoms with Crippen LogP contribution in [0.4, 0.5) is 4.39 Å². The number of aryl methyl sites for hydroxylation is 1. The summed E-state index contributed by atoms with van der Waals surface area (Å²) in [6.45, 7) is 3.26. The minimum Gasteiger partial charge on any atom is -0.376 e. The van der Waals surface area contributed by atoms with Crippen LogP contribution in [0, 0.1) is 12.7 Å². The zero-order valence-corrected chi connectivity index (χ0v) is 18.1. The molecule has 0 bridgehead atoms. The van der Waals surface area contributed by atoms with Gasteiger partial charge < -0.3 is 10.1 Å². The number of aromatic nitrogens is 3. The number of nitrogens with one attached hydrogen (secondary N) is 1. The lowest BCUT2D eigenvalue weighted by Gasteiger charge is -2.10. The number of thioether (sulfide) groups is 1. The maximum Gasteiger partial charge on any atom is 0.230 e. The highest BCUT2D eigenvalue weighted by molar-refractivity contribution is 7.99. The normalized spacial score (nSPS) is 16.0. The highest BCUT2D eigenvalue weighted by atomic mass is 32.2. The van der Waals surface area contributed by atoms with Crippen molar-refractivity contribution in [3.63, 3.8) is 0 Å². The van der Waals surface area contributed by atoms with Crippen LogP contribution in [0.3, 0.4) is 0 Å². The lowest BCUT2D eigenvalue weighted by atomic mass is 10.2. The van der Waals surface area contributed by atoms with E-state index in [-0.39, 0.29) is 23.6 Å². The molecule has 6 nitrogen and oxygen atoms in total. The summed E-state index contributed by atoms with van der Waals surface area (Å²) >= 11 is 2.84. The fourth-order valence-corrected chi connectivity index (χ4v) is 4.77. The van der Waals surface area contributed by atoms with Crippen LogP contribution in [0.5, 0.6) is 0 Å². The highest BCUT2D eigenvalue weighted by Crippen LogP contribution is 2.34. The van der Waals surface area contributed by atoms with Crippen molar-refractivity contribution >= 4 is 29.0 Å². The number of thiazole rings is 1. The summed E-state index contributed by atoms with van der Waals surface area (Å²) in [4.78, 5) is 17.5. The Morgan fingerprint density at radius 2 is 2.10 bits per heavy atom. The quantitative estimate of drug-likeness (QED) is 0.553. The molecule has 1 fully saturated rings. The number of carbonyl (C=O) groups is 1. The van der Waals surface area contributed by atoms with Crippen LogP contribution in [0.15, 0.2) is 41.4 Å². The number of hydrogen-bond donors (Lipinski definition) is 1. The third-order valence-corrected chi connectivity index (χ3v) is 6.81. The van der Waals surface area contributed by atoms with Crippen molar-refractivity contribution in [1.29, 1.82) is 0 Å². The third-order valence-electron chi connectivity index (χ3n) is 4.66. The van der Waals surface area contributed by atoms with Crippen LogP contribution in [0.1, 0.15) is 18.5 Å². The van der Waals surface area contributed by atoms with Gasteiger partial charge in [0.25, 0.3) is 0 Å². The molecule has 1 saturated heterocycles. The van der Waals surface area contributed by atoms with Gasteiger partial charge in [0.15, 0.2) is 0 Å². The monoisotopic (exact) mass is 444 g/mol. The topological polar surface area (TPSA) is 77.0 Å². The second-order valence-electron chi connectivity index (χ2n) is 6.93. The molecule has 30 heavy (non-hydrogen) atoms. The van der Waals surface area contributed by atoms with Crippen molar-refractivity contribution in [2.75, 3.05) is 18.9 Å². The minimum atomic E-state index is -0.272. The third kappa shape index (κ3) is 5.21. The molecule has 156 valence electrons. The predicted molar refractivity (Wildman–Crippen MR) is 116 cm³/mol. The van der Waals surface area contributed by atoms with Crippen LogP contribution >= 0.6 is 23.1 Å². The number of halogens is 1. The van der Waals surface area contributed by atoms with Gasteiger partial charge in [-0.25, -0.2) is 9.37 Å². The van der Waals surface area contributed by atoms with Crippen LogP contribution in [0.2, 0.25) is 0 Å². The Labute approximate surface area is 182 Å². The van der Waals surface area contributed by atoms with Crippen LogP contribution in [-0.2, 0) is 9.53 Å². The first kappa shape index (κ1) is 20.9. The van der Waals surface area contributed by atoms with E-state index in [4.69, 9.17) is 4.74 Å². The Bertz CT molecular complexity index is 1000. The van der Waals surface area contributed by atoms with Gasteiger partial charge in [-0.3, -0.25) is 4.79 Å². The van der Waals surface area contributed by atoms with Crippen molar-refractivity contribution in [3.8, 4) is 21.1 Å². The van der Waals surface area contributed by atoms with Crippen molar-refractivity contribution in [3.05, 3.63) is 47.9 Å². The van der Waals surface area contributed by atoms with Crippen molar-refractivity contribution < 1.29 is 13.9 Å². The first-order valence-corrected chi connectivity index (χ1v) is 11.5. The molecule has 4 rings (SSSR count). The average molecular weight is 445 g/mol. The molecule has 9 heteroatoms. The summed E-state index contributed by atoms with van der Waals surface area (Å²) in [7, 11) is 0. The van der Waals surface area contributed by atoms with Gasteiger partial charge in [0.05, 0.1) is 22.4 Å². The molecular weight excluding hydrogens is 423 g/mol. The Morgan fingerprint density at radius 3 is 2.80 bits per heavy atom. The SMILES string of the molecule is Cc1nc(-c2ccc(F)cc2)sc1-c1ccc(SCC(=O)NCC2CCCO2)nn1. The van der Waals surface area contributed by atoms with Crippen LogP contribution in [-0.4, -0.2) is 46.1 Å². The summed E-state index contributed by atoms with van der Waals surface area (Å²) in [5, 5.41) is 12.9. The second-order valence-corrected chi connectivity index (χ2v) is 8.92. The minimum absolute atomic E-state index is 0.0383. The summed E-state index contributed by atoms with van der Waals surface area (Å²) < 4.78 is 18.6. The second kappa shape index (κ2) is 9.63. The maximum absolute atomic E-state index is 13.1. The van der Waals surface area contributed by atoms with Gasteiger partial charge in [-0.2, -0.15) is 0 Å². The van der Waals surface area contributed by atoms with Gasteiger partial charge in [-0.15, -0.1) is 21.5 Å². The molecule has 1 atom stereocenters. The molecule has 0 radical (unpaired) electrons. The summed E-state index contributed by atoms with van der Waals surface area (Å²) in [6, 6.07) is 10.0. The molecule has 1 unspecified atom stereocenters. The predicted octanol–water partition coefficient (Wildman–Crippen LogP) is 4.10. The Hall–Kier alpha value is -2.36. The smallest absolute Gasteiger partial charge is 0.230 e. The number of ether oxygens (including phenoxy) is 1. The summed E-state index contributed by atoms with van der Waals surface area (Å²) in [5.41, 5.74) is 2.44. The Balaban J connectivity index is 1.35. The molecule has 1 aliphatic rings. The van der Waals surface area contributed by atoms with Gasteiger partial charge in [-0.1, -0.05) is 11.8 Å². The van der Waals surface area contributed by atoms with E-state index in [2.05, 4.69) is 20.5 Å². The molecule has 2 aromatic heterocycles. The van der Waals surface area contributed by atoms with Crippen molar-refractivity contribution in [2.24, 2.45) is 0 Å². The van der Waals surface area contributed by atoms with Gasteiger partial charge in [-0.05, 0) is 56.2 Å². The molecular formula is C21H21FN4O2S2. The highest BCUT2D eigenvalue weighted by Gasteiger charge is 2.17. The van der Waals surface area contributed by atoms with Crippen molar-refractivity contribution in [2.45, 2.75) is 30.9 Å². The fraction of sp³-hybridized carbons (Fsp3) is 0.333. The zero-order valence-electron chi connectivity index (χ0n) is 16.4. The van der Waals surface area contributed by atoms with E-state index >= 15 is 0 Å². The Kier molecular flexibility index (Phi) is 6.71. The molecule has 1 N–H and O–H groups in total. The molecule has 0 saturated carbocycles. The lowest BCUT2D eigenvalue weighted by Crippen LogP contribution is -2.32. The fourth-order valence-electron chi connectivity index (χ4n) is 3.09. The number of hydrogen-bond acceptors (Lipinski definition) is 7. The van der Waals surface area contributed by atoms with Gasteiger partial charge in [0.1, 0.15) is 21.5 Å². The van der Waals surface area contributed by atoms with E-state index in [0.717, 1.165) is 46.3 Å². The molecule has 1 aromatic carbocycles. The first-order chi connectivity index (χ1) is 14.6. The van der Waals surface area contributed by atoms with Gasteiger partial charge in [0, 0.05) is 18.7 Å². The maximum atomic E-state index is 13.1. The lowest BCUT2D eigenvalue weighted by molar-refractivity contribution is -0.119. The molecule has 3 aromatic rings. The number of amides is 1.